The van der Waals surface area contributed by atoms with E-state index in [1.54, 1.807) is 0 Å². The molecule has 6 heteroatoms. The normalized spacial score (nSPS) is 18.6. The zero-order chi connectivity index (χ0) is 8.77. The first-order valence-electron chi connectivity index (χ1n) is 3.06. The summed E-state index contributed by atoms with van der Waals surface area (Å²) >= 11 is 1.88. The van der Waals surface area contributed by atoms with E-state index in [1.807, 2.05) is 22.6 Å². The predicted octanol–water partition coefficient (Wildman–Crippen LogP) is 0.966. The minimum atomic E-state index is -3.41. The standard InChI is InChI=1S/C6H3IN2O2S/c7-6-4-3-8-2-1-5(4)12(10,11)9-6/h1-3H. The van der Waals surface area contributed by atoms with E-state index in [4.69, 9.17) is 0 Å². The number of rotatable bonds is 0. The van der Waals surface area contributed by atoms with Crippen molar-refractivity contribution in [2.24, 2.45) is 4.40 Å². The van der Waals surface area contributed by atoms with Crippen LogP contribution in [0.25, 0.3) is 0 Å². The molecule has 1 aliphatic heterocycles. The maximum absolute atomic E-state index is 11.2. The summed E-state index contributed by atoms with van der Waals surface area (Å²) in [7, 11) is -3.41. The molecule has 0 unspecified atom stereocenters. The zero-order valence-corrected chi connectivity index (χ0v) is 8.70. The lowest BCUT2D eigenvalue weighted by Crippen LogP contribution is -1.93. The Morgan fingerprint density at radius 3 is 2.83 bits per heavy atom. The molecule has 2 rings (SSSR count). The number of sulfonamides is 1. The molecular weight excluding hydrogens is 291 g/mol. The third-order valence-electron chi connectivity index (χ3n) is 1.48. The van der Waals surface area contributed by atoms with E-state index in [0.717, 1.165) is 0 Å². The summed E-state index contributed by atoms with van der Waals surface area (Å²) in [6, 6.07) is 1.46. The van der Waals surface area contributed by atoms with Crippen molar-refractivity contribution in [1.82, 2.24) is 4.98 Å². The summed E-state index contributed by atoms with van der Waals surface area (Å²) in [6.45, 7) is 0. The average Bonchev–Trinajstić information content (AvgIpc) is 2.25. The molecule has 0 amide bonds. The van der Waals surface area contributed by atoms with Gasteiger partial charge in [0.2, 0.25) is 0 Å². The Hall–Kier alpha value is -0.500. The van der Waals surface area contributed by atoms with Gasteiger partial charge < -0.3 is 0 Å². The van der Waals surface area contributed by atoms with Crippen LogP contribution in [-0.2, 0) is 10.0 Å². The van der Waals surface area contributed by atoms with Gasteiger partial charge in [0.05, 0.1) is 0 Å². The fourth-order valence-corrected chi connectivity index (χ4v) is 3.42. The maximum atomic E-state index is 11.2. The van der Waals surface area contributed by atoms with E-state index < -0.39 is 10.0 Å². The van der Waals surface area contributed by atoms with Gasteiger partial charge in [-0.3, -0.25) is 4.98 Å². The average molecular weight is 294 g/mol. The lowest BCUT2D eigenvalue weighted by atomic mass is 10.3. The second kappa shape index (κ2) is 2.49. The fourth-order valence-electron chi connectivity index (χ4n) is 0.965. The Bertz CT molecular complexity index is 466. The molecule has 4 nitrogen and oxygen atoms in total. The summed E-state index contributed by atoms with van der Waals surface area (Å²) in [5.41, 5.74) is 0.595. The first-order chi connectivity index (χ1) is 5.61. The van der Waals surface area contributed by atoms with Crippen LogP contribution in [0.4, 0.5) is 0 Å². The van der Waals surface area contributed by atoms with Crippen LogP contribution in [0, 0.1) is 0 Å². The summed E-state index contributed by atoms with van der Waals surface area (Å²) < 4.78 is 26.5. The van der Waals surface area contributed by atoms with Crippen molar-refractivity contribution in [2.75, 3.05) is 0 Å². The molecule has 0 fully saturated rings. The van der Waals surface area contributed by atoms with Gasteiger partial charge in [0.1, 0.15) is 8.61 Å². The van der Waals surface area contributed by atoms with Gasteiger partial charge >= 0.3 is 0 Å². The molecule has 12 heavy (non-hydrogen) atoms. The first-order valence-corrected chi connectivity index (χ1v) is 5.58. The minimum absolute atomic E-state index is 0.252. The summed E-state index contributed by atoms with van der Waals surface area (Å²) in [5.74, 6) is 0. The van der Waals surface area contributed by atoms with E-state index in [-0.39, 0.29) is 4.90 Å². The molecule has 0 N–H and O–H groups in total. The lowest BCUT2D eigenvalue weighted by Gasteiger charge is -1.92. The molecule has 2 heterocycles. The van der Waals surface area contributed by atoms with Crippen molar-refractivity contribution in [1.29, 1.82) is 0 Å². The van der Waals surface area contributed by atoms with Crippen molar-refractivity contribution >= 4 is 36.3 Å². The fraction of sp³-hybridized carbons (Fsp3) is 0. The highest BCUT2D eigenvalue weighted by molar-refractivity contribution is 14.1. The van der Waals surface area contributed by atoms with Crippen LogP contribution in [0.3, 0.4) is 0 Å². The third-order valence-corrected chi connectivity index (χ3v) is 3.97. The van der Waals surface area contributed by atoms with Gasteiger partial charge in [-0.2, -0.15) is 12.8 Å². The van der Waals surface area contributed by atoms with Gasteiger partial charge in [-0.05, 0) is 28.7 Å². The van der Waals surface area contributed by atoms with Crippen LogP contribution in [0.2, 0.25) is 0 Å². The molecule has 0 bridgehead atoms. The molecule has 0 aromatic carbocycles. The smallest absolute Gasteiger partial charge is 0.264 e. The second-order valence-electron chi connectivity index (χ2n) is 2.23. The van der Waals surface area contributed by atoms with Crippen molar-refractivity contribution in [3.8, 4) is 0 Å². The Labute approximate surface area is 82.9 Å². The zero-order valence-electron chi connectivity index (χ0n) is 5.73. The van der Waals surface area contributed by atoms with Crippen LogP contribution in [0.5, 0.6) is 0 Å². The molecule has 0 saturated carbocycles. The Morgan fingerprint density at radius 1 is 1.42 bits per heavy atom. The van der Waals surface area contributed by atoms with Gasteiger partial charge in [0, 0.05) is 18.0 Å². The van der Waals surface area contributed by atoms with E-state index in [9.17, 15) is 8.42 Å². The van der Waals surface area contributed by atoms with Crippen molar-refractivity contribution < 1.29 is 8.42 Å². The van der Waals surface area contributed by atoms with Gasteiger partial charge in [0.25, 0.3) is 10.0 Å². The monoisotopic (exact) mass is 294 g/mol. The van der Waals surface area contributed by atoms with Gasteiger partial charge in [0.15, 0.2) is 0 Å². The number of aromatic nitrogens is 1. The number of pyridine rings is 1. The van der Waals surface area contributed by atoms with Crippen LogP contribution >= 0.6 is 22.6 Å². The summed E-state index contributed by atoms with van der Waals surface area (Å²) in [6.07, 6.45) is 2.95. The number of hydrogen-bond acceptors (Lipinski definition) is 3. The highest BCUT2D eigenvalue weighted by Crippen LogP contribution is 2.27. The van der Waals surface area contributed by atoms with E-state index in [0.29, 0.717) is 9.28 Å². The lowest BCUT2D eigenvalue weighted by molar-refractivity contribution is 0.599. The Kier molecular flexibility index (Phi) is 1.69. The molecule has 1 aromatic rings. The first kappa shape index (κ1) is 8.11. The maximum Gasteiger partial charge on any atom is 0.284 e. The predicted molar refractivity (Wildman–Crippen MR) is 52.0 cm³/mol. The molecule has 1 aliphatic rings. The van der Waals surface area contributed by atoms with Crippen molar-refractivity contribution in [3.05, 3.63) is 24.0 Å². The minimum Gasteiger partial charge on any atom is -0.264 e. The SMILES string of the molecule is O=S1(=O)N=C(I)c2cnccc21. The van der Waals surface area contributed by atoms with Gasteiger partial charge in [-0.15, -0.1) is 0 Å². The van der Waals surface area contributed by atoms with Gasteiger partial charge in [-0.25, -0.2) is 0 Å². The molecular formula is C6H3IN2O2S. The van der Waals surface area contributed by atoms with Gasteiger partial charge in [-0.1, -0.05) is 0 Å². The quantitative estimate of drug-likeness (QED) is 0.670. The summed E-state index contributed by atoms with van der Waals surface area (Å²) in [5, 5.41) is 0. The molecule has 62 valence electrons. The van der Waals surface area contributed by atoms with Crippen LogP contribution < -0.4 is 0 Å². The van der Waals surface area contributed by atoms with Crippen molar-refractivity contribution in [2.45, 2.75) is 4.90 Å². The Balaban J connectivity index is 2.86. The highest BCUT2D eigenvalue weighted by atomic mass is 127. The largest absolute Gasteiger partial charge is 0.284 e. The van der Waals surface area contributed by atoms with Crippen molar-refractivity contribution in [3.63, 3.8) is 0 Å². The molecule has 1 aromatic heterocycles. The molecule has 0 atom stereocenters. The number of fused-ring (bicyclic) bond motifs is 1. The number of nitrogens with zero attached hydrogens (tertiary/aromatic N) is 2. The Morgan fingerprint density at radius 2 is 2.17 bits per heavy atom. The number of halogens is 1. The second-order valence-corrected chi connectivity index (χ2v) is 4.82. The summed E-state index contributed by atoms with van der Waals surface area (Å²) in [4.78, 5) is 4.07. The van der Waals surface area contributed by atoms with E-state index in [2.05, 4.69) is 9.38 Å². The van der Waals surface area contributed by atoms with E-state index >= 15 is 0 Å². The highest BCUT2D eigenvalue weighted by Gasteiger charge is 2.26. The van der Waals surface area contributed by atoms with E-state index in [1.165, 1.54) is 18.5 Å². The third kappa shape index (κ3) is 1.06. The topological polar surface area (TPSA) is 59.4 Å². The number of hydrogen-bond donors (Lipinski definition) is 0. The molecule has 0 radical (unpaired) electrons. The van der Waals surface area contributed by atoms with Crippen LogP contribution in [-0.4, -0.2) is 17.1 Å². The molecule has 0 spiro atoms. The molecule has 0 aliphatic carbocycles. The van der Waals surface area contributed by atoms with Crippen LogP contribution in [0.15, 0.2) is 27.8 Å². The van der Waals surface area contributed by atoms with Crippen LogP contribution in [0.1, 0.15) is 5.56 Å². The molecule has 0 saturated heterocycles.